The highest BCUT2D eigenvalue weighted by molar-refractivity contribution is 7.22. The van der Waals surface area contributed by atoms with Gasteiger partial charge in [0.05, 0.1) is 10.2 Å². The number of anilines is 1. The van der Waals surface area contributed by atoms with Gasteiger partial charge < -0.3 is 0 Å². The number of carbonyl (C=O) groups is 1. The quantitative estimate of drug-likeness (QED) is 0.583. The van der Waals surface area contributed by atoms with Crippen LogP contribution >= 0.6 is 22.9 Å². The minimum absolute atomic E-state index is 0.0846. The van der Waals surface area contributed by atoms with Crippen molar-refractivity contribution >= 4 is 50.3 Å². The molecule has 0 spiro atoms. The number of hydrogen-bond donors (Lipinski definition) is 1. The van der Waals surface area contributed by atoms with E-state index in [9.17, 15) is 4.79 Å². The summed E-state index contributed by atoms with van der Waals surface area (Å²) in [6.45, 7) is 6.54. The van der Waals surface area contributed by atoms with Gasteiger partial charge in [-0.25, -0.2) is 4.98 Å². The number of thiazole rings is 1. The van der Waals surface area contributed by atoms with Crippen LogP contribution in [0, 0.1) is 0 Å². The van der Waals surface area contributed by atoms with Gasteiger partial charge in [-0.15, -0.1) is 0 Å². The molecular formula is C20H19ClN2OS. The van der Waals surface area contributed by atoms with Crippen molar-refractivity contribution in [1.82, 2.24) is 4.98 Å². The van der Waals surface area contributed by atoms with Crippen LogP contribution in [0.2, 0.25) is 5.02 Å². The molecule has 1 heterocycles. The van der Waals surface area contributed by atoms with Gasteiger partial charge in [-0.2, -0.15) is 0 Å². The SMILES string of the molecule is CC(C)(C)c1ccc2nc(NC(=O)/C=C/c3cccc(Cl)c3)sc2c1. The second kappa shape index (κ2) is 6.98. The van der Waals surface area contributed by atoms with E-state index in [2.05, 4.69) is 43.2 Å². The zero-order valence-electron chi connectivity index (χ0n) is 14.3. The molecule has 0 saturated carbocycles. The van der Waals surface area contributed by atoms with E-state index in [0.717, 1.165) is 15.8 Å². The Morgan fingerprint density at radius 2 is 2.00 bits per heavy atom. The first kappa shape index (κ1) is 17.6. The highest BCUT2D eigenvalue weighted by Crippen LogP contribution is 2.31. The lowest BCUT2D eigenvalue weighted by Crippen LogP contribution is -2.10. The van der Waals surface area contributed by atoms with Crippen molar-refractivity contribution in [1.29, 1.82) is 0 Å². The summed E-state index contributed by atoms with van der Waals surface area (Å²) in [5, 5.41) is 4.06. The predicted octanol–water partition coefficient (Wildman–Crippen LogP) is 5.90. The first-order valence-electron chi connectivity index (χ1n) is 7.97. The second-order valence-electron chi connectivity index (χ2n) is 6.83. The average molecular weight is 371 g/mol. The molecular weight excluding hydrogens is 352 g/mol. The fourth-order valence-electron chi connectivity index (χ4n) is 2.37. The van der Waals surface area contributed by atoms with Crippen LogP contribution in [0.15, 0.2) is 48.5 Å². The summed E-state index contributed by atoms with van der Waals surface area (Å²) in [4.78, 5) is 16.6. The summed E-state index contributed by atoms with van der Waals surface area (Å²) >= 11 is 7.42. The van der Waals surface area contributed by atoms with Gasteiger partial charge in [-0.1, -0.05) is 61.9 Å². The number of benzene rings is 2. The van der Waals surface area contributed by atoms with Crippen LogP contribution in [0.5, 0.6) is 0 Å². The lowest BCUT2D eigenvalue weighted by molar-refractivity contribution is -0.111. The normalized spacial score (nSPS) is 12.0. The highest BCUT2D eigenvalue weighted by Gasteiger charge is 2.15. The van der Waals surface area contributed by atoms with Crippen molar-refractivity contribution in [2.45, 2.75) is 26.2 Å². The number of amides is 1. The van der Waals surface area contributed by atoms with Crippen LogP contribution in [0.3, 0.4) is 0 Å². The standard InChI is InChI=1S/C20H19ClN2OS/c1-20(2,3)14-8-9-16-17(12-14)25-19(22-16)23-18(24)10-7-13-5-4-6-15(21)11-13/h4-12H,1-3H3,(H,22,23,24)/b10-7+. The van der Waals surface area contributed by atoms with Crippen LogP contribution in [0.25, 0.3) is 16.3 Å². The van der Waals surface area contributed by atoms with Crippen molar-refractivity contribution in [3.8, 4) is 0 Å². The molecule has 1 aromatic heterocycles. The van der Waals surface area contributed by atoms with Gasteiger partial charge in [0.1, 0.15) is 0 Å². The Balaban J connectivity index is 1.75. The molecule has 0 aliphatic rings. The maximum absolute atomic E-state index is 12.1. The zero-order chi connectivity index (χ0) is 18.0. The Morgan fingerprint density at radius 1 is 1.20 bits per heavy atom. The third-order valence-electron chi connectivity index (χ3n) is 3.76. The topological polar surface area (TPSA) is 42.0 Å². The number of nitrogens with zero attached hydrogens (tertiary/aromatic N) is 1. The second-order valence-corrected chi connectivity index (χ2v) is 8.30. The molecule has 0 radical (unpaired) electrons. The number of carbonyl (C=O) groups excluding carboxylic acids is 1. The molecule has 3 aromatic rings. The Bertz CT molecular complexity index is 954. The van der Waals surface area contributed by atoms with E-state index in [-0.39, 0.29) is 11.3 Å². The maximum Gasteiger partial charge on any atom is 0.250 e. The van der Waals surface area contributed by atoms with Gasteiger partial charge in [-0.3, -0.25) is 10.1 Å². The molecule has 0 bridgehead atoms. The molecule has 0 fully saturated rings. The fourth-order valence-corrected chi connectivity index (χ4v) is 3.48. The average Bonchev–Trinajstić information content (AvgIpc) is 2.93. The zero-order valence-corrected chi connectivity index (χ0v) is 15.9. The molecule has 1 amide bonds. The summed E-state index contributed by atoms with van der Waals surface area (Å²) in [5.41, 5.74) is 3.11. The largest absolute Gasteiger partial charge is 0.298 e. The van der Waals surface area contributed by atoms with Crippen molar-refractivity contribution in [3.63, 3.8) is 0 Å². The molecule has 1 N–H and O–H groups in total. The third-order valence-corrected chi connectivity index (χ3v) is 4.93. The smallest absolute Gasteiger partial charge is 0.250 e. The van der Waals surface area contributed by atoms with E-state index in [4.69, 9.17) is 11.6 Å². The molecule has 2 aromatic carbocycles. The maximum atomic E-state index is 12.1. The van der Waals surface area contributed by atoms with Gasteiger partial charge >= 0.3 is 0 Å². The van der Waals surface area contributed by atoms with Crippen LogP contribution in [-0.4, -0.2) is 10.9 Å². The Labute approximate surface area is 156 Å². The van der Waals surface area contributed by atoms with Crippen LogP contribution < -0.4 is 5.32 Å². The summed E-state index contributed by atoms with van der Waals surface area (Å²) in [6.07, 6.45) is 3.21. The van der Waals surface area contributed by atoms with E-state index >= 15 is 0 Å². The van der Waals surface area contributed by atoms with Gasteiger partial charge in [0, 0.05) is 11.1 Å². The van der Waals surface area contributed by atoms with E-state index < -0.39 is 0 Å². The van der Waals surface area contributed by atoms with Crippen LogP contribution in [0.1, 0.15) is 31.9 Å². The van der Waals surface area contributed by atoms with Gasteiger partial charge in [0.2, 0.25) is 5.91 Å². The Kier molecular flexibility index (Phi) is 4.93. The van der Waals surface area contributed by atoms with Crippen molar-refractivity contribution < 1.29 is 4.79 Å². The molecule has 0 saturated heterocycles. The van der Waals surface area contributed by atoms with Crippen molar-refractivity contribution in [2.75, 3.05) is 5.32 Å². The predicted molar refractivity (Wildman–Crippen MR) is 107 cm³/mol. The first-order valence-corrected chi connectivity index (χ1v) is 9.16. The molecule has 3 nitrogen and oxygen atoms in total. The molecule has 0 aliphatic heterocycles. The number of hydrogen-bond acceptors (Lipinski definition) is 3. The summed E-state index contributed by atoms with van der Waals surface area (Å²) in [6, 6.07) is 13.6. The van der Waals surface area contributed by atoms with E-state index in [1.165, 1.54) is 23.0 Å². The lowest BCUT2D eigenvalue weighted by Gasteiger charge is -2.18. The van der Waals surface area contributed by atoms with Gasteiger partial charge in [-0.05, 0) is 46.9 Å². The number of halogens is 1. The molecule has 0 aliphatic carbocycles. The summed E-state index contributed by atoms with van der Waals surface area (Å²) in [7, 11) is 0. The minimum Gasteiger partial charge on any atom is -0.298 e. The number of aromatic nitrogens is 1. The highest BCUT2D eigenvalue weighted by atomic mass is 35.5. The summed E-state index contributed by atoms with van der Waals surface area (Å²) in [5.74, 6) is -0.213. The van der Waals surface area contributed by atoms with E-state index in [1.54, 1.807) is 18.2 Å². The Hall–Kier alpha value is -2.17. The van der Waals surface area contributed by atoms with Crippen molar-refractivity contribution in [3.05, 3.63) is 64.7 Å². The molecule has 128 valence electrons. The Morgan fingerprint density at radius 3 is 2.72 bits per heavy atom. The molecule has 0 unspecified atom stereocenters. The lowest BCUT2D eigenvalue weighted by atomic mass is 9.87. The van der Waals surface area contributed by atoms with Gasteiger partial charge in [0.25, 0.3) is 0 Å². The van der Waals surface area contributed by atoms with Crippen LogP contribution in [0.4, 0.5) is 5.13 Å². The van der Waals surface area contributed by atoms with E-state index in [0.29, 0.717) is 10.2 Å². The third kappa shape index (κ3) is 4.47. The molecule has 3 rings (SSSR count). The monoisotopic (exact) mass is 370 g/mol. The number of nitrogens with one attached hydrogen (secondary N) is 1. The summed E-state index contributed by atoms with van der Waals surface area (Å²) < 4.78 is 1.07. The van der Waals surface area contributed by atoms with E-state index in [1.807, 2.05) is 18.2 Å². The molecule has 25 heavy (non-hydrogen) atoms. The van der Waals surface area contributed by atoms with Crippen molar-refractivity contribution in [2.24, 2.45) is 0 Å². The molecule has 5 heteroatoms. The number of fused-ring (bicyclic) bond motifs is 1. The number of rotatable bonds is 3. The van der Waals surface area contributed by atoms with Gasteiger partial charge in [0.15, 0.2) is 5.13 Å². The van der Waals surface area contributed by atoms with Crippen LogP contribution in [-0.2, 0) is 10.2 Å². The minimum atomic E-state index is -0.213. The fraction of sp³-hybridized carbons (Fsp3) is 0.200. The first-order chi connectivity index (χ1) is 11.8. The molecule has 0 atom stereocenters.